The van der Waals surface area contributed by atoms with Gasteiger partial charge in [0.1, 0.15) is 0 Å². The van der Waals surface area contributed by atoms with Crippen LogP contribution in [0.15, 0.2) is 48.5 Å². The highest BCUT2D eigenvalue weighted by Gasteiger charge is 2.29. The summed E-state index contributed by atoms with van der Waals surface area (Å²) in [6, 6.07) is 16.3. The van der Waals surface area contributed by atoms with Crippen molar-refractivity contribution >= 4 is 5.69 Å². The number of rotatable bonds is 3. The number of methoxy groups -OCH3 is 2. The van der Waals surface area contributed by atoms with Gasteiger partial charge in [0.15, 0.2) is 17.7 Å². The average Bonchev–Trinajstić information content (AvgIpc) is 3.02. The molecule has 1 atom stereocenters. The van der Waals surface area contributed by atoms with Crippen molar-refractivity contribution in [3.8, 4) is 22.8 Å². The number of para-hydroxylation sites is 2. The Bertz CT molecular complexity index is 901. The van der Waals surface area contributed by atoms with E-state index in [0.717, 1.165) is 34.0 Å². The van der Waals surface area contributed by atoms with Gasteiger partial charge in [-0.2, -0.15) is 5.10 Å². The van der Waals surface area contributed by atoms with E-state index in [2.05, 4.69) is 23.5 Å². The van der Waals surface area contributed by atoms with Crippen molar-refractivity contribution in [3.05, 3.63) is 59.8 Å². The summed E-state index contributed by atoms with van der Waals surface area (Å²) in [5.41, 5.74) is 5.29. The number of nitrogens with one attached hydrogen (secondary N) is 1. The molecule has 0 unspecified atom stereocenters. The third-order valence-corrected chi connectivity index (χ3v) is 4.33. The van der Waals surface area contributed by atoms with E-state index in [1.165, 1.54) is 0 Å². The third-order valence-electron chi connectivity index (χ3n) is 4.33. The van der Waals surface area contributed by atoms with E-state index in [4.69, 9.17) is 14.6 Å². The lowest BCUT2D eigenvalue weighted by molar-refractivity contribution is 0.347. The number of aromatic nitrogens is 2. The molecule has 0 bridgehead atoms. The first kappa shape index (κ1) is 14.6. The number of anilines is 1. The molecule has 0 radical (unpaired) electrons. The monoisotopic (exact) mass is 321 g/mol. The zero-order chi connectivity index (χ0) is 16.7. The van der Waals surface area contributed by atoms with Crippen LogP contribution in [0.1, 0.15) is 17.4 Å². The minimum atomic E-state index is -0.159. The minimum Gasteiger partial charge on any atom is -0.493 e. The van der Waals surface area contributed by atoms with E-state index in [1.54, 1.807) is 14.2 Å². The molecule has 122 valence electrons. The van der Waals surface area contributed by atoms with Crippen molar-refractivity contribution in [2.75, 3.05) is 19.5 Å². The molecule has 0 saturated carbocycles. The molecule has 1 aliphatic rings. The third kappa shape index (κ3) is 2.12. The fourth-order valence-electron chi connectivity index (χ4n) is 3.29. The zero-order valence-corrected chi connectivity index (χ0v) is 13.9. The van der Waals surface area contributed by atoms with Gasteiger partial charge < -0.3 is 14.8 Å². The number of hydrogen-bond donors (Lipinski definition) is 1. The van der Waals surface area contributed by atoms with E-state index in [9.17, 15) is 0 Å². The lowest BCUT2D eigenvalue weighted by atomic mass is 10.0. The van der Waals surface area contributed by atoms with Crippen molar-refractivity contribution in [2.24, 2.45) is 0 Å². The van der Waals surface area contributed by atoms with Gasteiger partial charge >= 0.3 is 0 Å². The molecule has 0 saturated heterocycles. The van der Waals surface area contributed by atoms with Crippen molar-refractivity contribution in [1.29, 1.82) is 0 Å². The topological polar surface area (TPSA) is 48.3 Å². The Morgan fingerprint density at radius 1 is 1.04 bits per heavy atom. The van der Waals surface area contributed by atoms with Crippen molar-refractivity contribution in [2.45, 2.75) is 13.1 Å². The number of ether oxygens (including phenoxy) is 2. The largest absolute Gasteiger partial charge is 0.493 e. The van der Waals surface area contributed by atoms with Gasteiger partial charge in [0, 0.05) is 16.8 Å². The average molecular weight is 321 g/mol. The number of benzene rings is 2. The summed E-state index contributed by atoms with van der Waals surface area (Å²) in [6.07, 6.45) is -0.159. The van der Waals surface area contributed by atoms with Gasteiger partial charge in [0.05, 0.1) is 25.6 Å². The Morgan fingerprint density at radius 3 is 2.67 bits per heavy atom. The fraction of sp³-hybridized carbons (Fsp3) is 0.211. The Morgan fingerprint density at radius 2 is 1.88 bits per heavy atom. The SMILES string of the molecule is COc1cccc([C@@H]2Nc3ccccc3-c3cc(C)nn32)c1OC. The summed E-state index contributed by atoms with van der Waals surface area (Å²) >= 11 is 0. The molecular weight excluding hydrogens is 302 g/mol. The van der Waals surface area contributed by atoms with E-state index in [0.29, 0.717) is 5.75 Å². The molecule has 4 rings (SSSR count). The summed E-state index contributed by atoms with van der Waals surface area (Å²) in [4.78, 5) is 0. The Kier molecular flexibility index (Phi) is 3.41. The molecule has 1 aromatic heterocycles. The lowest BCUT2D eigenvalue weighted by Gasteiger charge is -2.30. The molecule has 3 aromatic rings. The molecule has 0 aliphatic carbocycles. The Balaban J connectivity index is 1.92. The summed E-state index contributed by atoms with van der Waals surface area (Å²) in [5, 5.41) is 8.27. The first-order valence-corrected chi connectivity index (χ1v) is 7.86. The van der Waals surface area contributed by atoms with Crippen LogP contribution in [0.2, 0.25) is 0 Å². The fourth-order valence-corrected chi connectivity index (χ4v) is 3.29. The highest BCUT2D eigenvalue weighted by atomic mass is 16.5. The van der Waals surface area contributed by atoms with Gasteiger partial charge in [-0.05, 0) is 25.1 Å². The molecule has 5 nitrogen and oxygen atoms in total. The van der Waals surface area contributed by atoms with Crippen molar-refractivity contribution in [1.82, 2.24) is 9.78 Å². The summed E-state index contributed by atoms with van der Waals surface area (Å²) < 4.78 is 13.1. The van der Waals surface area contributed by atoms with Crippen LogP contribution in [0.25, 0.3) is 11.3 Å². The maximum absolute atomic E-state index is 5.62. The second-order valence-electron chi connectivity index (χ2n) is 5.79. The molecule has 2 heterocycles. The van der Waals surface area contributed by atoms with Crippen LogP contribution in [0.5, 0.6) is 11.5 Å². The van der Waals surface area contributed by atoms with Crippen LogP contribution < -0.4 is 14.8 Å². The Labute approximate surface area is 140 Å². The van der Waals surface area contributed by atoms with E-state index >= 15 is 0 Å². The normalized spacial score (nSPS) is 15.2. The van der Waals surface area contributed by atoms with Gasteiger partial charge in [-0.1, -0.05) is 30.3 Å². The number of nitrogens with zero attached hydrogens (tertiary/aromatic N) is 2. The zero-order valence-electron chi connectivity index (χ0n) is 13.9. The van der Waals surface area contributed by atoms with Gasteiger partial charge in [-0.3, -0.25) is 0 Å². The molecule has 24 heavy (non-hydrogen) atoms. The van der Waals surface area contributed by atoms with Gasteiger partial charge in [0.25, 0.3) is 0 Å². The minimum absolute atomic E-state index is 0.159. The van der Waals surface area contributed by atoms with E-state index < -0.39 is 0 Å². The standard InChI is InChI=1S/C19H19N3O2/c1-12-11-16-13-7-4-5-9-15(13)20-19(22(16)21-12)14-8-6-10-17(23-2)18(14)24-3/h4-11,19-20H,1-3H3/t19-/m1/s1. The molecule has 5 heteroatoms. The highest BCUT2D eigenvalue weighted by Crippen LogP contribution is 2.42. The molecule has 2 aromatic carbocycles. The van der Waals surface area contributed by atoms with Gasteiger partial charge in [0.2, 0.25) is 0 Å². The predicted molar refractivity (Wildman–Crippen MR) is 93.7 cm³/mol. The van der Waals surface area contributed by atoms with Crippen LogP contribution in [0, 0.1) is 6.92 Å². The molecular formula is C19H19N3O2. The molecule has 0 amide bonds. The van der Waals surface area contributed by atoms with E-state index in [1.807, 2.05) is 41.9 Å². The molecule has 0 spiro atoms. The summed E-state index contributed by atoms with van der Waals surface area (Å²) in [7, 11) is 3.31. The van der Waals surface area contributed by atoms with E-state index in [-0.39, 0.29) is 6.17 Å². The van der Waals surface area contributed by atoms with Gasteiger partial charge in [-0.25, -0.2) is 4.68 Å². The van der Waals surface area contributed by atoms with Crippen LogP contribution in [-0.2, 0) is 0 Å². The second-order valence-corrected chi connectivity index (χ2v) is 5.79. The molecule has 1 N–H and O–H groups in total. The predicted octanol–water partition coefficient (Wildman–Crippen LogP) is 3.85. The van der Waals surface area contributed by atoms with Gasteiger partial charge in [-0.15, -0.1) is 0 Å². The summed E-state index contributed by atoms with van der Waals surface area (Å²) in [5.74, 6) is 1.43. The second kappa shape index (κ2) is 5.60. The maximum atomic E-state index is 5.62. The lowest BCUT2D eigenvalue weighted by Crippen LogP contribution is -2.26. The maximum Gasteiger partial charge on any atom is 0.167 e. The quantitative estimate of drug-likeness (QED) is 0.796. The van der Waals surface area contributed by atoms with Crippen LogP contribution >= 0.6 is 0 Å². The number of hydrogen-bond acceptors (Lipinski definition) is 4. The van der Waals surface area contributed by atoms with Crippen LogP contribution in [-0.4, -0.2) is 24.0 Å². The number of aryl methyl sites for hydroxylation is 1. The highest BCUT2D eigenvalue weighted by molar-refractivity contribution is 5.79. The van der Waals surface area contributed by atoms with Crippen molar-refractivity contribution < 1.29 is 9.47 Å². The first-order valence-electron chi connectivity index (χ1n) is 7.86. The number of fused-ring (bicyclic) bond motifs is 3. The first-order chi connectivity index (χ1) is 11.7. The molecule has 1 aliphatic heterocycles. The summed E-state index contributed by atoms with van der Waals surface area (Å²) in [6.45, 7) is 2.01. The van der Waals surface area contributed by atoms with Crippen LogP contribution in [0.4, 0.5) is 5.69 Å². The smallest absolute Gasteiger partial charge is 0.167 e. The van der Waals surface area contributed by atoms with Crippen LogP contribution in [0.3, 0.4) is 0 Å². The molecule has 0 fully saturated rings. The Hall–Kier alpha value is -2.95. The van der Waals surface area contributed by atoms with Crippen molar-refractivity contribution in [3.63, 3.8) is 0 Å².